The Morgan fingerprint density at radius 3 is 1.63 bits per heavy atom. The van der Waals surface area contributed by atoms with Crippen LogP contribution in [-0.4, -0.2) is 33.7 Å². The van der Waals surface area contributed by atoms with Crippen molar-refractivity contribution >= 4 is 23.5 Å². The standard InChI is InChI=1S/C13H16O6/c14-8-6-13(10(16)17,11(18)19)7-9(15)12(8)4-2-1-3-5-12/h1-7H2,(H,16,17)(H,18,19). The molecular weight excluding hydrogens is 252 g/mol. The highest BCUT2D eigenvalue weighted by atomic mass is 16.4. The highest BCUT2D eigenvalue weighted by molar-refractivity contribution is 6.17. The lowest BCUT2D eigenvalue weighted by Crippen LogP contribution is -2.55. The van der Waals surface area contributed by atoms with Crippen LogP contribution in [0.25, 0.3) is 0 Å². The van der Waals surface area contributed by atoms with Crippen molar-refractivity contribution in [3.8, 4) is 0 Å². The van der Waals surface area contributed by atoms with Crippen molar-refractivity contribution in [2.45, 2.75) is 44.9 Å². The number of ketones is 2. The number of aliphatic carboxylic acids is 2. The van der Waals surface area contributed by atoms with Gasteiger partial charge in [0.25, 0.3) is 0 Å². The van der Waals surface area contributed by atoms with Crippen molar-refractivity contribution in [3.05, 3.63) is 0 Å². The van der Waals surface area contributed by atoms with E-state index in [0.29, 0.717) is 12.8 Å². The summed E-state index contributed by atoms with van der Waals surface area (Å²) in [5.41, 5.74) is -3.37. The maximum absolute atomic E-state index is 12.3. The van der Waals surface area contributed by atoms with E-state index < -0.39 is 47.2 Å². The molecule has 0 aromatic carbocycles. The van der Waals surface area contributed by atoms with E-state index in [0.717, 1.165) is 19.3 Å². The molecule has 0 bridgehead atoms. The third-order valence-electron chi connectivity index (χ3n) is 4.52. The SMILES string of the molecule is O=C(O)C1(C(=O)O)CC(=O)C2(CCCCC2)C(=O)C1. The second kappa shape index (κ2) is 4.43. The fourth-order valence-corrected chi connectivity index (χ4v) is 3.21. The summed E-state index contributed by atoms with van der Waals surface area (Å²) in [7, 11) is 0. The maximum Gasteiger partial charge on any atom is 0.321 e. The molecule has 1 spiro atoms. The molecule has 6 nitrogen and oxygen atoms in total. The van der Waals surface area contributed by atoms with Gasteiger partial charge in [-0.2, -0.15) is 0 Å². The Labute approximate surface area is 109 Å². The van der Waals surface area contributed by atoms with Crippen molar-refractivity contribution < 1.29 is 29.4 Å². The molecule has 0 radical (unpaired) electrons. The number of hydrogen-bond acceptors (Lipinski definition) is 4. The maximum atomic E-state index is 12.3. The van der Waals surface area contributed by atoms with Crippen LogP contribution in [0.1, 0.15) is 44.9 Å². The number of carboxylic acids is 2. The largest absolute Gasteiger partial charge is 0.480 e. The zero-order valence-corrected chi connectivity index (χ0v) is 10.5. The molecule has 0 atom stereocenters. The van der Waals surface area contributed by atoms with Crippen LogP contribution in [0.3, 0.4) is 0 Å². The minimum atomic E-state index is -2.27. The molecule has 0 saturated heterocycles. The molecular formula is C13H16O6. The molecule has 0 amide bonds. The molecule has 104 valence electrons. The second-order valence-electron chi connectivity index (χ2n) is 5.54. The first kappa shape index (κ1) is 13.7. The van der Waals surface area contributed by atoms with Crippen LogP contribution in [0.2, 0.25) is 0 Å². The van der Waals surface area contributed by atoms with Gasteiger partial charge < -0.3 is 10.2 Å². The first-order valence-corrected chi connectivity index (χ1v) is 6.39. The summed E-state index contributed by atoms with van der Waals surface area (Å²) in [6.45, 7) is 0. The summed E-state index contributed by atoms with van der Waals surface area (Å²) in [4.78, 5) is 46.9. The molecule has 0 aromatic rings. The number of Topliss-reactive ketones (excluding diaryl/α,β-unsaturated/α-hetero) is 2. The smallest absolute Gasteiger partial charge is 0.321 e. The molecule has 2 aliphatic carbocycles. The Hall–Kier alpha value is -1.72. The summed E-state index contributed by atoms with van der Waals surface area (Å²) in [6.07, 6.45) is 2.16. The van der Waals surface area contributed by atoms with Crippen LogP contribution in [0.4, 0.5) is 0 Å². The minimum Gasteiger partial charge on any atom is -0.480 e. The third-order valence-corrected chi connectivity index (χ3v) is 4.52. The Balaban J connectivity index is 2.37. The molecule has 0 heterocycles. The van der Waals surface area contributed by atoms with E-state index in [4.69, 9.17) is 10.2 Å². The first-order chi connectivity index (χ1) is 8.85. The van der Waals surface area contributed by atoms with Gasteiger partial charge in [0.2, 0.25) is 0 Å². The van der Waals surface area contributed by atoms with Crippen molar-refractivity contribution in [3.63, 3.8) is 0 Å². The fourth-order valence-electron chi connectivity index (χ4n) is 3.21. The minimum absolute atomic E-state index is 0.431. The summed E-state index contributed by atoms with van der Waals surface area (Å²) in [5.74, 6) is -4.22. The third kappa shape index (κ3) is 1.86. The monoisotopic (exact) mass is 268 g/mol. The normalized spacial score (nSPS) is 25.3. The van der Waals surface area contributed by atoms with E-state index in [1.165, 1.54) is 0 Å². The van der Waals surface area contributed by atoms with Gasteiger partial charge in [-0.3, -0.25) is 19.2 Å². The molecule has 0 aromatic heterocycles. The van der Waals surface area contributed by atoms with Crippen molar-refractivity contribution in [1.82, 2.24) is 0 Å². The van der Waals surface area contributed by atoms with Gasteiger partial charge in [0.15, 0.2) is 5.41 Å². The number of carboxylic acid groups (broad SMARTS) is 2. The van der Waals surface area contributed by atoms with Crippen LogP contribution in [0.15, 0.2) is 0 Å². The summed E-state index contributed by atoms with van der Waals surface area (Å²) >= 11 is 0. The van der Waals surface area contributed by atoms with Gasteiger partial charge in [-0.25, -0.2) is 0 Å². The first-order valence-electron chi connectivity index (χ1n) is 6.39. The van der Waals surface area contributed by atoms with Crippen LogP contribution < -0.4 is 0 Å². The molecule has 2 saturated carbocycles. The van der Waals surface area contributed by atoms with Gasteiger partial charge in [-0.15, -0.1) is 0 Å². The molecule has 6 heteroatoms. The molecule has 19 heavy (non-hydrogen) atoms. The van der Waals surface area contributed by atoms with Gasteiger partial charge in [0.05, 0.1) is 5.41 Å². The van der Waals surface area contributed by atoms with E-state index in [-0.39, 0.29) is 0 Å². The summed E-state index contributed by atoms with van der Waals surface area (Å²) < 4.78 is 0. The van der Waals surface area contributed by atoms with Crippen LogP contribution in [0, 0.1) is 10.8 Å². The average molecular weight is 268 g/mol. The highest BCUT2D eigenvalue weighted by Gasteiger charge is 2.61. The fraction of sp³-hybridized carbons (Fsp3) is 0.692. The lowest BCUT2D eigenvalue weighted by molar-refractivity contribution is -0.176. The van der Waals surface area contributed by atoms with Crippen LogP contribution in [0.5, 0.6) is 0 Å². The van der Waals surface area contributed by atoms with Crippen molar-refractivity contribution in [1.29, 1.82) is 0 Å². The zero-order valence-electron chi connectivity index (χ0n) is 10.5. The second-order valence-corrected chi connectivity index (χ2v) is 5.54. The predicted molar refractivity (Wildman–Crippen MR) is 62.5 cm³/mol. The van der Waals surface area contributed by atoms with E-state index in [1.807, 2.05) is 0 Å². The molecule has 2 fully saturated rings. The van der Waals surface area contributed by atoms with E-state index in [1.54, 1.807) is 0 Å². The Kier molecular flexibility index (Phi) is 3.20. The van der Waals surface area contributed by atoms with Gasteiger partial charge in [-0.1, -0.05) is 19.3 Å². The number of rotatable bonds is 2. The molecule has 2 N–H and O–H groups in total. The van der Waals surface area contributed by atoms with Gasteiger partial charge in [0.1, 0.15) is 11.6 Å². The zero-order chi connectivity index (χ0) is 14.3. The van der Waals surface area contributed by atoms with E-state index >= 15 is 0 Å². The van der Waals surface area contributed by atoms with E-state index in [2.05, 4.69) is 0 Å². The van der Waals surface area contributed by atoms with Gasteiger partial charge in [0, 0.05) is 12.8 Å². The highest BCUT2D eigenvalue weighted by Crippen LogP contribution is 2.48. The summed E-state index contributed by atoms with van der Waals surface area (Å²) in [6, 6.07) is 0. The van der Waals surface area contributed by atoms with Crippen molar-refractivity contribution in [2.75, 3.05) is 0 Å². The topological polar surface area (TPSA) is 109 Å². The predicted octanol–water partition coefficient (Wildman–Crippen LogP) is 1.02. The Bertz CT molecular complexity index is 422. The van der Waals surface area contributed by atoms with Gasteiger partial charge in [-0.05, 0) is 12.8 Å². The van der Waals surface area contributed by atoms with Crippen LogP contribution in [-0.2, 0) is 19.2 Å². The summed E-state index contributed by atoms with van der Waals surface area (Å²) in [5, 5.41) is 18.2. The molecule has 0 aliphatic heterocycles. The van der Waals surface area contributed by atoms with E-state index in [9.17, 15) is 19.2 Å². The quantitative estimate of drug-likeness (QED) is 0.724. The Morgan fingerprint density at radius 2 is 1.26 bits per heavy atom. The molecule has 2 rings (SSSR count). The molecule has 0 unspecified atom stereocenters. The number of hydrogen-bond donors (Lipinski definition) is 2. The van der Waals surface area contributed by atoms with Gasteiger partial charge >= 0.3 is 11.9 Å². The lowest BCUT2D eigenvalue weighted by atomic mass is 9.57. The average Bonchev–Trinajstić information content (AvgIpc) is 2.36. The number of carbonyl (C=O) groups excluding carboxylic acids is 2. The lowest BCUT2D eigenvalue weighted by Gasteiger charge is -2.41. The van der Waals surface area contributed by atoms with Crippen molar-refractivity contribution in [2.24, 2.45) is 10.8 Å². The Morgan fingerprint density at radius 1 is 0.842 bits per heavy atom. The van der Waals surface area contributed by atoms with Crippen LogP contribution >= 0.6 is 0 Å². The number of carbonyl (C=O) groups is 4. The molecule has 2 aliphatic rings.